The highest BCUT2D eigenvalue weighted by molar-refractivity contribution is 6.01. The Hall–Kier alpha value is -2.05. The van der Waals surface area contributed by atoms with Gasteiger partial charge < -0.3 is 14.9 Å². The van der Waals surface area contributed by atoms with Crippen LogP contribution in [0, 0.1) is 22.7 Å². The van der Waals surface area contributed by atoms with Gasteiger partial charge in [0, 0.05) is 17.3 Å². The number of ketones is 2. The molecule has 0 aromatic heterocycles. The number of carbonyl (C=O) groups is 3. The minimum Gasteiger partial charge on any atom is -0.450 e. The van der Waals surface area contributed by atoms with E-state index in [-0.39, 0.29) is 30.5 Å². The summed E-state index contributed by atoms with van der Waals surface area (Å²) in [6, 6.07) is 0. The third-order valence-electron chi connectivity index (χ3n) is 8.63. The molecule has 6 atom stereocenters. The Kier molecular flexibility index (Phi) is 5.61. The Bertz CT molecular complexity index is 957. The summed E-state index contributed by atoms with van der Waals surface area (Å²) in [5, 5.41) is 21.3. The first-order valence-electron chi connectivity index (χ1n) is 11.8. The van der Waals surface area contributed by atoms with Gasteiger partial charge in [-0.3, -0.25) is 14.4 Å². The number of Topliss-reactive ketones (excluding diaryl/α,β-unsaturated/α-hetero) is 1. The van der Waals surface area contributed by atoms with E-state index in [4.69, 9.17) is 4.74 Å². The molecule has 0 aliphatic heterocycles. The number of ether oxygens (including phenoxy) is 1. The van der Waals surface area contributed by atoms with Gasteiger partial charge in [0.2, 0.25) is 5.78 Å². The van der Waals surface area contributed by atoms with E-state index < -0.39 is 40.9 Å². The maximum absolute atomic E-state index is 13.1. The van der Waals surface area contributed by atoms with Crippen molar-refractivity contribution in [1.82, 2.24) is 0 Å². The first kappa shape index (κ1) is 23.1. The van der Waals surface area contributed by atoms with Crippen molar-refractivity contribution in [3.05, 3.63) is 34.9 Å². The summed E-state index contributed by atoms with van der Waals surface area (Å²) >= 11 is 0. The molecule has 1 fully saturated rings. The zero-order chi connectivity index (χ0) is 23.5. The highest BCUT2D eigenvalue weighted by atomic mass is 16.6. The molecule has 0 amide bonds. The van der Waals surface area contributed by atoms with Gasteiger partial charge in [0.15, 0.2) is 11.4 Å². The van der Waals surface area contributed by atoms with Crippen LogP contribution in [-0.4, -0.2) is 46.1 Å². The smallest absolute Gasteiger partial charge is 0.306 e. The fraction of sp³-hybridized carbons (Fsp3) is 0.654. The highest BCUT2D eigenvalue weighted by Crippen LogP contribution is 2.66. The van der Waals surface area contributed by atoms with E-state index in [1.54, 1.807) is 12.2 Å². The lowest BCUT2D eigenvalue weighted by Gasteiger charge is -2.55. The number of hydrogen-bond acceptors (Lipinski definition) is 6. The Morgan fingerprint density at radius 3 is 2.66 bits per heavy atom. The molecule has 0 aromatic rings. The second-order valence-corrected chi connectivity index (χ2v) is 10.4. The van der Waals surface area contributed by atoms with Crippen molar-refractivity contribution in [3.8, 4) is 0 Å². The summed E-state index contributed by atoms with van der Waals surface area (Å²) in [5.74, 6) is -0.874. The Morgan fingerprint density at radius 1 is 1.28 bits per heavy atom. The van der Waals surface area contributed by atoms with Gasteiger partial charge >= 0.3 is 5.97 Å². The number of esters is 1. The first-order valence-corrected chi connectivity index (χ1v) is 11.8. The van der Waals surface area contributed by atoms with Gasteiger partial charge in [-0.25, -0.2) is 0 Å². The van der Waals surface area contributed by atoms with Crippen molar-refractivity contribution in [2.45, 2.75) is 77.9 Å². The van der Waals surface area contributed by atoms with Crippen LogP contribution in [0.4, 0.5) is 0 Å². The molecule has 0 spiro atoms. The standard InChI is InChI=1S/C26H34O6/c1-5-6-22(31)32-26(21(30)14-27)10-8-18-17-11-15(2)19-12-16(28)7-9-24(19,3)23(17)20(29)13-25(18,26)4/h7,9,12,15,18,20,27,29H,5-6,8,10-11,13-14H2,1-4H3/t15-,18-,20-,24-,25-,26-/m0/s1. The maximum atomic E-state index is 13.1. The molecule has 174 valence electrons. The van der Waals surface area contributed by atoms with E-state index >= 15 is 0 Å². The molecule has 6 heteroatoms. The summed E-state index contributed by atoms with van der Waals surface area (Å²) < 4.78 is 5.91. The summed E-state index contributed by atoms with van der Waals surface area (Å²) in [4.78, 5) is 37.7. The van der Waals surface area contributed by atoms with E-state index in [9.17, 15) is 24.6 Å². The van der Waals surface area contributed by atoms with Crippen LogP contribution in [0.1, 0.15) is 66.2 Å². The zero-order valence-corrected chi connectivity index (χ0v) is 19.4. The summed E-state index contributed by atoms with van der Waals surface area (Å²) in [6.45, 7) is 7.26. The van der Waals surface area contributed by atoms with Gasteiger partial charge in [-0.15, -0.1) is 0 Å². The molecule has 0 bridgehead atoms. The van der Waals surface area contributed by atoms with E-state index in [0.717, 1.165) is 16.7 Å². The highest BCUT2D eigenvalue weighted by Gasteiger charge is 2.67. The first-order chi connectivity index (χ1) is 15.0. The molecule has 0 heterocycles. The second-order valence-electron chi connectivity index (χ2n) is 10.4. The van der Waals surface area contributed by atoms with Gasteiger partial charge in [-0.1, -0.05) is 32.4 Å². The van der Waals surface area contributed by atoms with Crippen molar-refractivity contribution in [2.24, 2.45) is 22.7 Å². The molecule has 0 saturated heterocycles. The Morgan fingerprint density at radius 2 is 2.00 bits per heavy atom. The molecular formula is C26H34O6. The Labute approximate surface area is 189 Å². The summed E-state index contributed by atoms with van der Waals surface area (Å²) in [7, 11) is 0. The fourth-order valence-electron chi connectivity index (χ4n) is 7.23. The molecule has 0 radical (unpaired) electrons. The van der Waals surface area contributed by atoms with Crippen LogP contribution >= 0.6 is 0 Å². The molecule has 1 saturated carbocycles. The fourth-order valence-corrected chi connectivity index (χ4v) is 7.23. The number of hydrogen-bond donors (Lipinski definition) is 2. The van der Waals surface area contributed by atoms with Crippen LogP contribution < -0.4 is 0 Å². The summed E-state index contributed by atoms with van der Waals surface area (Å²) in [5.41, 5.74) is 0.303. The van der Waals surface area contributed by atoms with Crippen LogP contribution in [0.5, 0.6) is 0 Å². The SMILES string of the molecule is CCCC(=O)O[C@]1(C(=O)CO)CC[C@H]2C3=C([C@@H](O)C[C@@]21C)[C@@]1(C)C=CC(=O)C=C1[C@@H](C)C3. The van der Waals surface area contributed by atoms with Crippen LogP contribution in [0.15, 0.2) is 34.9 Å². The lowest BCUT2D eigenvalue weighted by molar-refractivity contribution is -0.186. The number of aliphatic hydroxyl groups is 2. The third-order valence-corrected chi connectivity index (χ3v) is 8.63. The van der Waals surface area contributed by atoms with Crippen LogP contribution in [0.2, 0.25) is 0 Å². The van der Waals surface area contributed by atoms with E-state index in [0.29, 0.717) is 25.7 Å². The quantitative estimate of drug-likeness (QED) is 0.501. The van der Waals surface area contributed by atoms with Gasteiger partial charge in [0.05, 0.1) is 6.10 Å². The topological polar surface area (TPSA) is 101 Å². The molecule has 0 aromatic carbocycles. The largest absolute Gasteiger partial charge is 0.450 e. The number of rotatable bonds is 5. The van der Waals surface area contributed by atoms with Gasteiger partial charge in [0.25, 0.3) is 0 Å². The van der Waals surface area contributed by atoms with Crippen molar-refractivity contribution in [3.63, 3.8) is 0 Å². The van der Waals surface area contributed by atoms with E-state index in [1.165, 1.54) is 0 Å². The predicted octanol–water partition coefficient (Wildman–Crippen LogP) is 3.22. The molecule has 4 aliphatic rings. The predicted molar refractivity (Wildman–Crippen MR) is 118 cm³/mol. The molecule has 2 N–H and O–H groups in total. The zero-order valence-electron chi connectivity index (χ0n) is 19.4. The van der Waals surface area contributed by atoms with E-state index in [1.807, 2.05) is 19.9 Å². The molecular weight excluding hydrogens is 408 g/mol. The lowest BCUT2D eigenvalue weighted by atomic mass is 9.51. The van der Waals surface area contributed by atoms with Crippen molar-refractivity contribution in [2.75, 3.05) is 6.61 Å². The van der Waals surface area contributed by atoms with E-state index in [2.05, 4.69) is 13.8 Å². The number of allylic oxidation sites excluding steroid dienone is 5. The molecule has 32 heavy (non-hydrogen) atoms. The molecule has 0 unspecified atom stereocenters. The maximum Gasteiger partial charge on any atom is 0.306 e. The van der Waals surface area contributed by atoms with Crippen LogP contribution in [0.25, 0.3) is 0 Å². The number of carbonyl (C=O) groups excluding carboxylic acids is 3. The van der Waals surface area contributed by atoms with Gasteiger partial charge in [-0.2, -0.15) is 0 Å². The number of aliphatic hydroxyl groups excluding tert-OH is 2. The molecule has 6 nitrogen and oxygen atoms in total. The van der Waals surface area contributed by atoms with Gasteiger partial charge in [-0.05, 0) is 74.2 Å². The Balaban J connectivity index is 1.84. The van der Waals surface area contributed by atoms with Crippen molar-refractivity contribution in [1.29, 1.82) is 0 Å². The number of fused-ring (bicyclic) bond motifs is 4. The third kappa shape index (κ3) is 3.02. The minimum atomic E-state index is -1.43. The van der Waals surface area contributed by atoms with Crippen molar-refractivity contribution < 1.29 is 29.3 Å². The lowest BCUT2D eigenvalue weighted by Crippen LogP contribution is -2.59. The second kappa shape index (κ2) is 7.77. The van der Waals surface area contributed by atoms with Gasteiger partial charge in [0.1, 0.15) is 6.61 Å². The summed E-state index contributed by atoms with van der Waals surface area (Å²) in [6.07, 6.45) is 7.12. The molecule has 4 rings (SSSR count). The average Bonchev–Trinajstić information content (AvgIpc) is 3.01. The van der Waals surface area contributed by atoms with Crippen LogP contribution in [0.3, 0.4) is 0 Å². The molecule has 4 aliphatic carbocycles. The normalized spacial score (nSPS) is 40.4. The van der Waals surface area contributed by atoms with Crippen molar-refractivity contribution >= 4 is 17.5 Å². The average molecular weight is 443 g/mol. The monoisotopic (exact) mass is 442 g/mol. The van der Waals surface area contributed by atoms with Crippen LogP contribution in [-0.2, 0) is 19.1 Å². The minimum absolute atomic E-state index is 0.0280.